The van der Waals surface area contributed by atoms with E-state index in [1.165, 1.54) is 18.2 Å². The zero-order valence-electron chi connectivity index (χ0n) is 10.3. The molecule has 2 aromatic rings. The Morgan fingerprint density at radius 2 is 1.95 bits per heavy atom. The lowest BCUT2D eigenvalue weighted by molar-refractivity contribution is 0.177. The molecule has 2 rings (SSSR count). The minimum atomic E-state index is -0.896. The van der Waals surface area contributed by atoms with Gasteiger partial charge in [-0.15, -0.1) is 0 Å². The molecular formula is C15H13ClF2O. The molecule has 1 nitrogen and oxygen atoms in total. The van der Waals surface area contributed by atoms with Crippen molar-refractivity contribution >= 4 is 11.6 Å². The molecule has 0 aromatic heterocycles. The van der Waals surface area contributed by atoms with Crippen LogP contribution in [-0.2, 0) is 6.42 Å². The molecule has 0 aliphatic rings. The van der Waals surface area contributed by atoms with Gasteiger partial charge in [0.25, 0.3) is 0 Å². The monoisotopic (exact) mass is 282 g/mol. The molecule has 1 N–H and O–H groups in total. The van der Waals surface area contributed by atoms with Crippen molar-refractivity contribution in [3.63, 3.8) is 0 Å². The summed E-state index contributed by atoms with van der Waals surface area (Å²) in [5.41, 5.74) is 1.34. The molecule has 19 heavy (non-hydrogen) atoms. The summed E-state index contributed by atoms with van der Waals surface area (Å²) in [5, 5.41) is 10.1. The van der Waals surface area contributed by atoms with Crippen LogP contribution >= 0.6 is 11.6 Å². The summed E-state index contributed by atoms with van der Waals surface area (Å²) in [6.07, 6.45) is -0.801. The van der Waals surface area contributed by atoms with Gasteiger partial charge in [0, 0.05) is 6.42 Å². The second-order valence-corrected chi connectivity index (χ2v) is 4.85. The Kier molecular flexibility index (Phi) is 4.17. The van der Waals surface area contributed by atoms with E-state index >= 15 is 0 Å². The summed E-state index contributed by atoms with van der Waals surface area (Å²) >= 11 is 5.68. The standard InChI is InChI=1S/C15H13ClF2O/c1-9-7-10(5-6-13(9)17)14(19)8-11-3-2-4-12(16)15(11)18/h2-7,14,19H,8H2,1H3. The number of rotatable bonds is 3. The molecule has 0 heterocycles. The smallest absolute Gasteiger partial charge is 0.145 e. The maximum atomic E-state index is 13.7. The molecule has 0 aliphatic carbocycles. The van der Waals surface area contributed by atoms with Gasteiger partial charge in [-0.3, -0.25) is 0 Å². The SMILES string of the molecule is Cc1cc(C(O)Cc2cccc(Cl)c2F)ccc1F. The van der Waals surface area contributed by atoms with E-state index in [-0.39, 0.29) is 17.3 Å². The van der Waals surface area contributed by atoms with Crippen LogP contribution in [0.25, 0.3) is 0 Å². The quantitative estimate of drug-likeness (QED) is 0.894. The molecular weight excluding hydrogens is 270 g/mol. The maximum absolute atomic E-state index is 13.7. The summed E-state index contributed by atoms with van der Waals surface area (Å²) in [6.45, 7) is 1.62. The van der Waals surface area contributed by atoms with Crippen LogP contribution in [0.2, 0.25) is 5.02 Å². The number of aliphatic hydroxyl groups is 1. The topological polar surface area (TPSA) is 20.2 Å². The highest BCUT2D eigenvalue weighted by Crippen LogP contribution is 2.24. The van der Waals surface area contributed by atoms with Gasteiger partial charge in [-0.05, 0) is 35.7 Å². The first-order valence-corrected chi connectivity index (χ1v) is 6.24. The Morgan fingerprint density at radius 1 is 1.21 bits per heavy atom. The third-order valence-electron chi connectivity index (χ3n) is 3.01. The largest absolute Gasteiger partial charge is 0.388 e. The normalized spacial score (nSPS) is 12.5. The molecule has 1 unspecified atom stereocenters. The highest BCUT2D eigenvalue weighted by Gasteiger charge is 2.14. The average Bonchev–Trinajstić information content (AvgIpc) is 2.38. The van der Waals surface area contributed by atoms with Crippen LogP contribution in [0.15, 0.2) is 36.4 Å². The molecule has 0 saturated heterocycles. The number of aliphatic hydroxyl groups excluding tert-OH is 1. The first-order chi connectivity index (χ1) is 8.99. The second kappa shape index (κ2) is 5.68. The molecule has 0 aliphatic heterocycles. The maximum Gasteiger partial charge on any atom is 0.145 e. The third kappa shape index (κ3) is 3.11. The first-order valence-electron chi connectivity index (χ1n) is 5.86. The van der Waals surface area contributed by atoms with E-state index in [1.807, 2.05) is 0 Å². The molecule has 0 bridgehead atoms. The summed E-state index contributed by atoms with van der Waals surface area (Å²) in [4.78, 5) is 0. The molecule has 0 amide bonds. The molecule has 0 saturated carbocycles. The fourth-order valence-corrected chi connectivity index (χ4v) is 2.10. The van der Waals surface area contributed by atoms with Crippen LogP contribution < -0.4 is 0 Å². The van der Waals surface area contributed by atoms with E-state index in [0.717, 1.165) is 0 Å². The molecule has 4 heteroatoms. The van der Waals surface area contributed by atoms with Crippen molar-refractivity contribution < 1.29 is 13.9 Å². The lowest BCUT2D eigenvalue weighted by atomic mass is 9.99. The van der Waals surface area contributed by atoms with E-state index in [1.54, 1.807) is 25.1 Å². The van der Waals surface area contributed by atoms with Crippen molar-refractivity contribution in [2.45, 2.75) is 19.4 Å². The summed E-state index contributed by atoms with van der Waals surface area (Å²) in [6, 6.07) is 9.00. The van der Waals surface area contributed by atoms with Gasteiger partial charge in [0.2, 0.25) is 0 Å². The van der Waals surface area contributed by atoms with Gasteiger partial charge in [-0.1, -0.05) is 35.9 Å². The Balaban J connectivity index is 2.23. The molecule has 1 atom stereocenters. The van der Waals surface area contributed by atoms with E-state index in [2.05, 4.69) is 0 Å². The minimum absolute atomic E-state index is 0.0278. The number of hydrogen-bond donors (Lipinski definition) is 1. The van der Waals surface area contributed by atoms with Crippen LogP contribution in [0.5, 0.6) is 0 Å². The fourth-order valence-electron chi connectivity index (χ4n) is 1.91. The minimum Gasteiger partial charge on any atom is -0.388 e. The Hall–Kier alpha value is -1.45. The van der Waals surface area contributed by atoms with Crippen molar-refractivity contribution in [2.75, 3.05) is 0 Å². The predicted molar refractivity (Wildman–Crippen MR) is 71.2 cm³/mol. The Morgan fingerprint density at radius 3 is 2.63 bits per heavy atom. The van der Waals surface area contributed by atoms with E-state index in [0.29, 0.717) is 16.7 Å². The third-order valence-corrected chi connectivity index (χ3v) is 3.30. The Labute approximate surface area is 115 Å². The van der Waals surface area contributed by atoms with Gasteiger partial charge in [0.15, 0.2) is 0 Å². The van der Waals surface area contributed by atoms with Crippen LogP contribution in [0.3, 0.4) is 0 Å². The average molecular weight is 283 g/mol. The van der Waals surface area contributed by atoms with E-state index < -0.39 is 11.9 Å². The van der Waals surface area contributed by atoms with Crippen LogP contribution in [0.1, 0.15) is 22.8 Å². The van der Waals surface area contributed by atoms with Gasteiger partial charge in [-0.2, -0.15) is 0 Å². The van der Waals surface area contributed by atoms with Crippen molar-refractivity contribution in [3.8, 4) is 0 Å². The van der Waals surface area contributed by atoms with Crippen molar-refractivity contribution in [1.29, 1.82) is 0 Å². The fraction of sp³-hybridized carbons (Fsp3) is 0.200. The molecule has 0 radical (unpaired) electrons. The number of aryl methyl sites for hydroxylation is 1. The summed E-state index contributed by atoms with van der Waals surface area (Å²) < 4.78 is 26.9. The molecule has 0 spiro atoms. The van der Waals surface area contributed by atoms with Crippen molar-refractivity contribution in [2.24, 2.45) is 0 Å². The van der Waals surface area contributed by atoms with Crippen LogP contribution in [-0.4, -0.2) is 5.11 Å². The van der Waals surface area contributed by atoms with Gasteiger partial charge < -0.3 is 5.11 Å². The summed E-state index contributed by atoms with van der Waals surface area (Å²) in [5.74, 6) is -0.855. The van der Waals surface area contributed by atoms with Crippen LogP contribution in [0.4, 0.5) is 8.78 Å². The molecule has 0 fully saturated rings. The van der Waals surface area contributed by atoms with E-state index in [4.69, 9.17) is 11.6 Å². The van der Waals surface area contributed by atoms with E-state index in [9.17, 15) is 13.9 Å². The van der Waals surface area contributed by atoms with Gasteiger partial charge in [0.1, 0.15) is 11.6 Å². The highest BCUT2D eigenvalue weighted by atomic mass is 35.5. The molecule has 2 aromatic carbocycles. The second-order valence-electron chi connectivity index (χ2n) is 4.44. The van der Waals surface area contributed by atoms with Crippen LogP contribution in [0, 0.1) is 18.6 Å². The lowest BCUT2D eigenvalue weighted by Crippen LogP contribution is -2.04. The summed E-state index contributed by atoms with van der Waals surface area (Å²) in [7, 11) is 0. The van der Waals surface area contributed by atoms with Gasteiger partial charge in [-0.25, -0.2) is 8.78 Å². The number of hydrogen-bond acceptors (Lipinski definition) is 1. The van der Waals surface area contributed by atoms with Gasteiger partial charge >= 0.3 is 0 Å². The highest BCUT2D eigenvalue weighted by molar-refractivity contribution is 6.30. The predicted octanol–water partition coefficient (Wildman–Crippen LogP) is 4.20. The zero-order chi connectivity index (χ0) is 14.0. The Bertz CT molecular complexity index is 599. The lowest BCUT2D eigenvalue weighted by Gasteiger charge is -2.13. The zero-order valence-corrected chi connectivity index (χ0v) is 11.1. The van der Waals surface area contributed by atoms with Crippen molar-refractivity contribution in [1.82, 2.24) is 0 Å². The number of halogens is 3. The van der Waals surface area contributed by atoms with Gasteiger partial charge in [0.05, 0.1) is 11.1 Å². The van der Waals surface area contributed by atoms with Crippen molar-refractivity contribution in [3.05, 3.63) is 69.7 Å². The first kappa shape index (κ1) is 14.0. The molecule has 100 valence electrons. The number of benzene rings is 2.